The Balaban J connectivity index is 1.95. The van der Waals surface area contributed by atoms with Crippen LogP contribution in [-0.4, -0.2) is 44.7 Å². The van der Waals surface area contributed by atoms with Gasteiger partial charge in [0, 0.05) is 31.4 Å². The maximum atomic E-state index is 11.9. The molecule has 1 unspecified atom stereocenters. The molecule has 0 radical (unpaired) electrons. The van der Waals surface area contributed by atoms with Crippen LogP contribution in [0.2, 0.25) is 0 Å². The molecule has 1 fully saturated rings. The molecule has 1 aliphatic rings. The number of nitrogens with one attached hydrogen (secondary N) is 3. The van der Waals surface area contributed by atoms with Gasteiger partial charge in [0.15, 0.2) is 0 Å². The molecule has 1 heterocycles. The molecule has 2 rings (SSSR count). The van der Waals surface area contributed by atoms with Crippen molar-refractivity contribution in [1.29, 1.82) is 0 Å². The zero-order chi connectivity index (χ0) is 13.7. The van der Waals surface area contributed by atoms with Crippen molar-refractivity contribution in [1.82, 2.24) is 10.6 Å². The van der Waals surface area contributed by atoms with Crippen LogP contribution in [0.4, 0.5) is 5.69 Å². The minimum atomic E-state index is -0.465. The first-order chi connectivity index (χ1) is 9.20. The minimum absolute atomic E-state index is 0.155. The average Bonchev–Trinajstić information content (AvgIpc) is 2.48. The number of amides is 2. The second-order valence-electron chi connectivity index (χ2n) is 4.21. The summed E-state index contributed by atoms with van der Waals surface area (Å²) in [7, 11) is 1.57. The second kappa shape index (κ2) is 6.31. The summed E-state index contributed by atoms with van der Waals surface area (Å²) in [4.78, 5) is 23.3. The lowest BCUT2D eigenvalue weighted by Gasteiger charge is -2.22. The molecule has 0 bridgehead atoms. The Bertz CT molecular complexity index is 453. The monoisotopic (exact) mass is 263 g/mol. The Morgan fingerprint density at radius 1 is 1.32 bits per heavy atom. The van der Waals surface area contributed by atoms with Crippen molar-refractivity contribution in [3.63, 3.8) is 0 Å². The molecule has 0 aliphatic carbocycles. The summed E-state index contributed by atoms with van der Waals surface area (Å²) in [5, 5.41) is 8.39. The summed E-state index contributed by atoms with van der Waals surface area (Å²) in [5.74, 6) is -0.336. The van der Waals surface area contributed by atoms with Crippen LogP contribution >= 0.6 is 0 Å². The Morgan fingerprint density at radius 3 is 2.63 bits per heavy atom. The van der Waals surface area contributed by atoms with E-state index in [1.165, 1.54) is 0 Å². The van der Waals surface area contributed by atoms with Crippen LogP contribution in [0, 0.1) is 0 Å². The Kier molecular flexibility index (Phi) is 4.48. The van der Waals surface area contributed by atoms with Gasteiger partial charge in [0.25, 0.3) is 11.8 Å². The highest BCUT2D eigenvalue weighted by Gasteiger charge is 2.21. The van der Waals surface area contributed by atoms with Crippen molar-refractivity contribution in [2.45, 2.75) is 6.10 Å². The smallest absolute Gasteiger partial charge is 0.254 e. The summed E-state index contributed by atoms with van der Waals surface area (Å²) in [6.07, 6.45) is -0.465. The summed E-state index contributed by atoms with van der Waals surface area (Å²) in [6, 6.07) is 6.71. The topological polar surface area (TPSA) is 79.5 Å². The van der Waals surface area contributed by atoms with E-state index in [2.05, 4.69) is 16.0 Å². The van der Waals surface area contributed by atoms with Crippen molar-refractivity contribution < 1.29 is 14.3 Å². The number of rotatable bonds is 3. The Morgan fingerprint density at radius 2 is 2.05 bits per heavy atom. The van der Waals surface area contributed by atoms with Gasteiger partial charge in [-0.3, -0.25) is 9.59 Å². The summed E-state index contributed by atoms with van der Waals surface area (Å²) >= 11 is 0. The van der Waals surface area contributed by atoms with E-state index in [0.29, 0.717) is 24.4 Å². The molecule has 102 valence electrons. The average molecular weight is 263 g/mol. The molecular weight excluding hydrogens is 246 g/mol. The summed E-state index contributed by atoms with van der Waals surface area (Å²) in [6.45, 7) is 1.82. The molecule has 1 saturated heterocycles. The number of hydrogen-bond donors (Lipinski definition) is 3. The first kappa shape index (κ1) is 13.5. The fraction of sp³-hybridized carbons (Fsp3) is 0.385. The molecule has 2 amide bonds. The molecule has 1 aromatic rings. The molecule has 1 atom stereocenters. The number of benzene rings is 1. The number of morpholine rings is 1. The molecule has 0 saturated carbocycles. The number of ether oxygens (including phenoxy) is 1. The van der Waals surface area contributed by atoms with E-state index in [-0.39, 0.29) is 11.8 Å². The van der Waals surface area contributed by atoms with Gasteiger partial charge in [-0.1, -0.05) is 0 Å². The third-order valence-electron chi connectivity index (χ3n) is 2.86. The normalized spacial score (nSPS) is 18.7. The first-order valence-corrected chi connectivity index (χ1v) is 6.16. The van der Waals surface area contributed by atoms with Crippen molar-refractivity contribution in [2.24, 2.45) is 0 Å². The number of carbonyl (C=O) groups is 2. The number of carbonyl (C=O) groups excluding carboxylic acids is 2. The number of hydrogen-bond acceptors (Lipinski definition) is 4. The van der Waals surface area contributed by atoms with Gasteiger partial charge in [-0.15, -0.1) is 0 Å². The highest BCUT2D eigenvalue weighted by molar-refractivity contribution is 5.96. The fourth-order valence-electron chi connectivity index (χ4n) is 1.81. The second-order valence-corrected chi connectivity index (χ2v) is 4.21. The third kappa shape index (κ3) is 3.52. The van der Waals surface area contributed by atoms with Crippen LogP contribution in [0.25, 0.3) is 0 Å². The van der Waals surface area contributed by atoms with Gasteiger partial charge >= 0.3 is 0 Å². The van der Waals surface area contributed by atoms with Crippen LogP contribution in [0.15, 0.2) is 24.3 Å². The van der Waals surface area contributed by atoms with E-state index in [1.54, 1.807) is 31.3 Å². The lowest BCUT2D eigenvalue weighted by atomic mass is 10.2. The van der Waals surface area contributed by atoms with Gasteiger partial charge in [-0.2, -0.15) is 0 Å². The van der Waals surface area contributed by atoms with Crippen molar-refractivity contribution >= 4 is 17.5 Å². The van der Waals surface area contributed by atoms with Crippen molar-refractivity contribution in [3.8, 4) is 0 Å². The van der Waals surface area contributed by atoms with Crippen LogP contribution in [0.3, 0.4) is 0 Å². The zero-order valence-corrected chi connectivity index (χ0v) is 10.7. The van der Waals surface area contributed by atoms with E-state index in [9.17, 15) is 9.59 Å². The van der Waals surface area contributed by atoms with Crippen molar-refractivity contribution in [2.75, 3.05) is 32.1 Å². The number of anilines is 1. The minimum Gasteiger partial charge on any atom is -0.366 e. The molecular formula is C13H17N3O3. The third-order valence-corrected chi connectivity index (χ3v) is 2.86. The predicted molar refractivity (Wildman–Crippen MR) is 71.1 cm³/mol. The van der Waals surface area contributed by atoms with Gasteiger partial charge < -0.3 is 20.7 Å². The van der Waals surface area contributed by atoms with E-state index in [1.807, 2.05) is 0 Å². The Hall–Kier alpha value is -1.92. The first-order valence-electron chi connectivity index (χ1n) is 6.16. The van der Waals surface area contributed by atoms with Crippen LogP contribution in [0.1, 0.15) is 10.4 Å². The molecule has 1 aromatic carbocycles. The molecule has 19 heavy (non-hydrogen) atoms. The highest BCUT2D eigenvalue weighted by atomic mass is 16.5. The van der Waals surface area contributed by atoms with Crippen LogP contribution in [-0.2, 0) is 9.53 Å². The van der Waals surface area contributed by atoms with Gasteiger partial charge in [-0.05, 0) is 24.3 Å². The van der Waals surface area contributed by atoms with E-state index in [0.717, 1.165) is 6.54 Å². The predicted octanol–water partition coefficient (Wildman–Crippen LogP) is -0.0269. The van der Waals surface area contributed by atoms with E-state index < -0.39 is 6.10 Å². The highest BCUT2D eigenvalue weighted by Crippen LogP contribution is 2.10. The molecule has 3 N–H and O–H groups in total. The van der Waals surface area contributed by atoms with E-state index >= 15 is 0 Å². The maximum absolute atomic E-state index is 11.9. The van der Waals surface area contributed by atoms with Crippen molar-refractivity contribution in [3.05, 3.63) is 29.8 Å². The largest absolute Gasteiger partial charge is 0.366 e. The van der Waals surface area contributed by atoms with Crippen LogP contribution < -0.4 is 16.0 Å². The SMILES string of the molecule is CNC(=O)c1ccc(NC(=O)C2CNCCO2)cc1. The molecule has 0 spiro atoms. The van der Waals surface area contributed by atoms with Crippen LogP contribution in [0.5, 0.6) is 0 Å². The lowest BCUT2D eigenvalue weighted by molar-refractivity contribution is -0.128. The van der Waals surface area contributed by atoms with Gasteiger partial charge in [-0.25, -0.2) is 0 Å². The molecule has 6 nitrogen and oxygen atoms in total. The van der Waals surface area contributed by atoms with Gasteiger partial charge in [0.2, 0.25) is 0 Å². The maximum Gasteiger partial charge on any atom is 0.254 e. The quantitative estimate of drug-likeness (QED) is 0.715. The van der Waals surface area contributed by atoms with Gasteiger partial charge in [0.1, 0.15) is 6.10 Å². The molecule has 1 aliphatic heterocycles. The summed E-state index contributed by atoms with van der Waals surface area (Å²) in [5.41, 5.74) is 1.20. The Labute approximate surface area is 111 Å². The molecule has 0 aromatic heterocycles. The standard InChI is InChI=1S/C13H17N3O3/c1-14-12(17)9-2-4-10(5-3-9)16-13(18)11-8-15-6-7-19-11/h2-5,11,15H,6-8H2,1H3,(H,14,17)(H,16,18). The zero-order valence-electron chi connectivity index (χ0n) is 10.7. The fourth-order valence-corrected chi connectivity index (χ4v) is 1.81. The van der Waals surface area contributed by atoms with Gasteiger partial charge in [0.05, 0.1) is 6.61 Å². The summed E-state index contributed by atoms with van der Waals surface area (Å²) < 4.78 is 5.35. The van der Waals surface area contributed by atoms with E-state index in [4.69, 9.17) is 4.74 Å². The lowest BCUT2D eigenvalue weighted by Crippen LogP contribution is -2.45. The molecule has 6 heteroatoms.